The number of carbonyl (C=O) groups is 4. The highest BCUT2D eigenvalue weighted by Gasteiger charge is 2.28. The Kier molecular flexibility index (Phi) is 23.1. The Bertz CT molecular complexity index is 1580. The van der Waals surface area contributed by atoms with Crippen LogP contribution in [0.2, 0.25) is 10.0 Å². The zero-order chi connectivity index (χ0) is 41.9. The fourth-order valence-corrected chi connectivity index (χ4v) is 6.53. The molecule has 0 aliphatic carbocycles. The van der Waals surface area contributed by atoms with E-state index in [0.717, 1.165) is 57.8 Å². The number of aliphatic hydroxyl groups excluding tert-OH is 3. The van der Waals surface area contributed by atoms with Gasteiger partial charge in [0.2, 0.25) is 0 Å². The number of aliphatic hydroxyl groups is 3. The summed E-state index contributed by atoms with van der Waals surface area (Å²) in [5.74, 6) is -4.19. The van der Waals surface area contributed by atoms with Crippen LogP contribution in [0, 0.1) is 0 Å². The molecule has 16 heteroatoms. The Balaban J connectivity index is 0.000000537. The molecule has 0 unspecified atom stereocenters. The number of benzene rings is 2. The van der Waals surface area contributed by atoms with Crippen molar-refractivity contribution in [1.82, 2.24) is 0 Å². The number of halogens is 2. The van der Waals surface area contributed by atoms with Crippen molar-refractivity contribution in [2.24, 2.45) is 0 Å². The highest BCUT2D eigenvalue weighted by Crippen LogP contribution is 2.39. The lowest BCUT2D eigenvalue weighted by Gasteiger charge is -2.17. The third kappa shape index (κ3) is 16.7. The van der Waals surface area contributed by atoms with Gasteiger partial charge in [-0.1, -0.05) is 60.3 Å². The number of Topliss-reactive ketones (excluding diaryl/α,β-unsaturated/α-hetero) is 2. The second-order valence-corrected chi connectivity index (χ2v) is 14.5. The van der Waals surface area contributed by atoms with Crippen molar-refractivity contribution in [1.29, 1.82) is 0 Å². The molecule has 0 spiro atoms. The number of phenols is 4. The lowest BCUT2D eigenvalue weighted by atomic mass is 9.96. The molecule has 14 nitrogen and oxygen atoms in total. The number of rotatable bonds is 0. The van der Waals surface area contributed by atoms with Crippen molar-refractivity contribution in [3.8, 4) is 23.0 Å². The quantitative estimate of drug-likeness (QED) is 0.116. The molecule has 0 amide bonds. The number of ether oxygens (including phenoxy) is 2. The summed E-state index contributed by atoms with van der Waals surface area (Å²) in [6.07, 6.45) is 11.7. The number of aromatic hydroxyl groups is 4. The molecule has 2 aromatic carbocycles. The Hall–Kier alpha value is -4.18. The fourth-order valence-electron chi connectivity index (χ4n) is 6.10. The number of fused-ring (bicyclic) bond motifs is 2. The molecular formula is C41H56Cl2O14. The van der Waals surface area contributed by atoms with Gasteiger partial charge in [0.05, 0.1) is 22.3 Å². The maximum absolute atomic E-state index is 12.6. The summed E-state index contributed by atoms with van der Waals surface area (Å²) in [5.41, 5.74) is -0.454. The van der Waals surface area contributed by atoms with Crippen LogP contribution in [0.15, 0.2) is 36.4 Å². The van der Waals surface area contributed by atoms with Crippen molar-refractivity contribution in [2.45, 2.75) is 128 Å². The Morgan fingerprint density at radius 3 is 1.28 bits per heavy atom. The van der Waals surface area contributed by atoms with Crippen LogP contribution in [-0.4, -0.2) is 96.3 Å². The van der Waals surface area contributed by atoms with E-state index in [1.165, 1.54) is 0 Å². The van der Waals surface area contributed by atoms with Crippen molar-refractivity contribution in [3.05, 3.63) is 68.7 Å². The highest BCUT2D eigenvalue weighted by molar-refractivity contribution is 6.34. The summed E-state index contributed by atoms with van der Waals surface area (Å²) < 4.78 is 10.7. The summed E-state index contributed by atoms with van der Waals surface area (Å²) in [7, 11) is 1.00. The number of carbonyl (C=O) groups excluding carboxylic acids is 4. The first-order valence-corrected chi connectivity index (χ1v) is 19.4. The van der Waals surface area contributed by atoms with Gasteiger partial charge < -0.3 is 50.7 Å². The average molecular weight is 844 g/mol. The average Bonchev–Trinajstić information content (AvgIpc) is 3.12. The standard InChI is InChI=1S/2C20H25ClO6.CH4O.H2O/c2*1-12-7-5-3-2-4-6-8-13(22)9-14(23)10-15-18(20(26)27-12)16(24)11-17(25)19(15)21;1-2;/h2*3,5,11-13,22,24-25H,2,4,6-10H2,1H3;2H,1H3;1H2/b2*5-3+;;/t2*12-,13+;;/m11../s1. The molecule has 0 radical (unpaired) electrons. The van der Waals surface area contributed by atoms with Crippen LogP contribution in [0.4, 0.5) is 0 Å². The van der Waals surface area contributed by atoms with Crippen LogP contribution in [0.3, 0.4) is 0 Å². The molecule has 2 heterocycles. The molecule has 2 aliphatic heterocycles. The Labute approximate surface area is 342 Å². The maximum Gasteiger partial charge on any atom is 0.342 e. The molecule has 0 bridgehead atoms. The van der Waals surface area contributed by atoms with Gasteiger partial charge in [-0.3, -0.25) is 9.59 Å². The number of allylic oxidation sites excluding steroid dienone is 2. The van der Waals surface area contributed by atoms with Crippen LogP contribution in [0.5, 0.6) is 23.0 Å². The third-order valence-electron chi connectivity index (χ3n) is 8.93. The van der Waals surface area contributed by atoms with Crippen LogP contribution in [0.1, 0.15) is 123 Å². The molecule has 0 saturated heterocycles. The minimum atomic E-state index is -0.814. The second-order valence-electron chi connectivity index (χ2n) is 13.7. The maximum atomic E-state index is 12.6. The van der Waals surface area contributed by atoms with Gasteiger partial charge in [-0.15, -0.1) is 0 Å². The van der Waals surface area contributed by atoms with Crippen LogP contribution in [-0.2, 0) is 31.9 Å². The molecule has 57 heavy (non-hydrogen) atoms. The Morgan fingerprint density at radius 2 is 0.930 bits per heavy atom. The van der Waals surface area contributed by atoms with Gasteiger partial charge in [-0.05, 0) is 52.4 Å². The first-order valence-electron chi connectivity index (χ1n) is 18.6. The van der Waals surface area contributed by atoms with E-state index in [1.807, 2.05) is 24.3 Å². The van der Waals surface area contributed by atoms with E-state index in [-0.39, 0.29) is 75.0 Å². The van der Waals surface area contributed by atoms with E-state index < -0.39 is 59.4 Å². The number of esters is 2. The van der Waals surface area contributed by atoms with Crippen molar-refractivity contribution < 1.29 is 69.9 Å². The number of ketones is 2. The van der Waals surface area contributed by atoms with E-state index in [1.54, 1.807) is 13.8 Å². The van der Waals surface area contributed by atoms with Gasteiger partial charge in [-0.25, -0.2) is 9.59 Å². The van der Waals surface area contributed by atoms with Gasteiger partial charge in [0, 0.05) is 68.9 Å². The van der Waals surface area contributed by atoms with Crippen LogP contribution < -0.4 is 0 Å². The lowest BCUT2D eigenvalue weighted by molar-refractivity contribution is -0.121. The van der Waals surface area contributed by atoms with Crippen molar-refractivity contribution >= 4 is 46.7 Å². The second kappa shape index (κ2) is 25.9. The summed E-state index contributed by atoms with van der Waals surface area (Å²) >= 11 is 12.2. The predicted octanol–water partition coefficient (Wildman–Crippen LogP) is 6.14. The highest BCUT2D eigenvalue weighted by atomic mass is 35.5. The van der Waals surface area contributed by atoms with Crippen LogP contribution in [0.25, 0.3) is 0 Å². The predicted molar refractivity (Wildman–Crippen MR) is 214 cm³/mol. The van der Waals surface area contributed by atoms with E-state index >= 15 is 0 Å². The number of cyclic esters (lactones) is 2. The monoisotopic (exact) mass is 842 g/mol. The van der Waals surface area contributed by atoms with Gasteiger partial charge in [0.1, 0.15) is 57.9 Å². The van der Waals surface area contributed by atoms with E-state index in [2.05, 4.69) is 0 Å². The van der Waals surface area contributed by atoms with Gasteiger partial charge in [-0.2, -0.15) is 0 Å². The summed E-state index contributed by atoms with van der Waals surface area (Å²) in [5, 5.41) is 66.7. The van der Waals surface area contributed by atoms with Gasteiger partial charge >= 0.3 is 11.9 Å². The summed E-state index contributed by atoms with van der Waals surface area (Å²) in [6, 6.07) is 1.90. The minimum Gasteiger partial charge on any atom is -0.507 e. The molecule has 318 valence electrons. The number of hydrogen-bond donors (Lipinski definition) is 7. The topological polar surface area (TPSA) is 260 Å². The first kappa shape index (κ1) is 50.8. The smallest absolute Gasteiger partial charge is 0.342 e. The molecule has 9 N–H and O–H groups in total. The Morgan fingerprint density at radius 1 is 0.579 bits per heavy atom. The van der Waals surface area contributed by atoms with Crippen LogP contribution >= 0.6 is 23.2 Å². The molecule has 0 fully saturated rings. The zero-order valence-corrected chi connectivity index (χ0v) is 34.0. The fraction of sp³-hybridized carbons (Fsp3) is 0.512. The van der Waals surface area contributed by atoms with E-state index in [0.29, 0.717) is 25.7 Å². The third-order valence-corrected chi connectivity index (χ3v) is 9.77. The number of phenolic OH excluding ortho intramolecular Hbond substituents is 4. The largest absolute Gasteiger partial charge is 0.507 e. The molecule has 4 rings (SSSR count). The first-order chi connectivity index (χ1) is 26.6. The van der Waals surface area contributed by atoms with E-state index in [9.17, 15) is 49.8 Å². The molecule has 2 aliphatic rings. The van der Waals surface area contributed by atoms with Gasteiger partial charge in [0.25, 0.3) is 0 Å². The lowest BCUT2D eigenvalue weighted by Crippen LogP contribution is -2.19. The molecule has 0 aromatic heterocycles. The molecule has 2 aromatic rings. The van der Waals surface area contributed by atoms with E-state index in [4.69, 9.17) is 37.8 Å². The SMILES string of the molecule is CO.C[C@@H]1C/C=C/CCCC[C@H](O)CC(=O)Cc2c(Cl)c(O)cc(O)c2C(=O)O1.C[C@@H]1C/C=C/CCCC[C@H](O)CC(=O)Cc2c(Cl)c(O)cc(O)c2C(=O)O1.O. The van der Waals surface area contributed by atoms with Crippen molar-refractivity contribution in [3.63, 3.8) is 0 Å². The normalized spacial score (nSPS) is 22.9. The molecule has 4 atom stereocenters. The summed E-state index contributed by atoms with van der Waals surface area (Å²) in [4.78, 5) is 49.8. The van der Waals surface area contributed by atoms with Gasteiger partial charge in [0.15, 0.2) is 0 Å². The zero-order valence-electron chi connectivity index (χ0n) is 32.5. The summed E-state index contributed by atoms with van der Waals surface area (Å²) in [6.45, 7) is 3.46. The number of hydrogen-bond acceptors (Lipinski definition) is 13. The molecule has 0 saturated carbocycles. The molecular weight excluding hydrogens is 787 g/mol. The van der Waals surface area contributed by atoms with Crippen molar-refractivity contribution in [2.75, 3.05) is 7.11 Å². The minimum absolute atomic E-state index is 0.